The Morgan fingerprint density at radius 1 is 1.17 bits per heavy atom. The highest BCUT2D eigenvalue weighted by molar-refractivity contribution is 6.09. The van der Waals surface area contributed by atoms with Crippen LogP contribution in [0.3, 0.4) is 0 Å². The smallest absolute Gasteiger partial charge is 0.303 e. The van der Waals surface area contributed by atoms with Gasteiger partial charge in [-0.2, -0.15) is 4.98 Å². The van der Waals surface area contributed by atoms with Crippen LogP contribution in [0.2, 0.25) is 0 Å². The van der Waals surface area contributed by atoms with E-state index in [0.717, 1.165) is 37.0 Å². The molecule has 4 rings (SSSR count). The van der Waals surface area contributed by atoms with Gasteiger partial charge in [-0.25, -0.2) is 9.98 Å². The Balaban J connectivity index is 1.58. The zero-order valence-electron chi connectivity index (χ0n) is 17.7. The van der Waals surface area contributed by atoms with Gasteiger partial charge >= 0.3 is 5.97 Å². The molecule has 7 nitrogen and oxygen atoms in total. The van der Waals surface area contributed by atoms with E-state index in [2.05, 4.69) is 41.2 Å². The maximum Gasteiger partial charge on any atom is 0.303 e. The maximum atomic E-state index is 11.0. The molecule has 0 saturated heterocycles. The third kappa shape index (κ3) is 3.76. The molecule has 0 radical (unpaired) electrons. The Morgan fingerprint density at radius 2 is 1.83 bits per heavy atom. The molecule has 30 heavy (non-hydrogen) atoms. The van der Waals surface area contributed by atoms with Crippen LogP contribution in [0.5, 0.6) is 5.88 Å². The lowest BCUT2D eigenvalue weighted by molar-refractivity contribution is -0.138. The molecule has 0 atom stereocenters. The zero-order valence-corrected chi connectivity index (χ0v) is 17.7. The van der Waals surface area contributed by atoms with Gasteiger partial charge in [0, 0.05) is 12.0 Å². The number of fused-ring (bicyclic) bond motifs is 1. The number of aliphatic imine (C=N–C) groups is 1. The molecule has 158 valence electrons. The number of rotatable bonds is 4. The van der Waals surface area contributed by atoms with Crippen LogP contribution >= 0.6 is 0 Å². The van der Waals surface area contributed by atoms with Crippen molar-refractivity contribution in [2.45, 2.75) is 63.9 Å². The van der Waals surface area contributed by atoms with Crippen LogP contribution in [-0.2, 0) is 10.2 Å². The van der Waals surface area contributed by atoms with E-state index in [9.17, 15) is 4.79 Å². The number of hydrogen-bond acceptors (Lipinski definition) is 6. The number of aliphatic carboxylic acids is 1. The van der Waals surface area contributed by atoms with Crippen LogP contribution in [0.4, 0.5) is 11.5 Å². The summed E-state index contributed by atoms with van der Waals surface area (Å²) >= 11 is 0. The molecule has 1 aromatic carbocycles. The SMILES string of the molecule is CC1(C)Oc2ncnc(N)c2N=C1c1ccc(C2(C)CCC(CC(=O)O)CC2)cc1. The van der Waals surface area contributed by atoms with Crippen molar-refractivity contribution in [2.24, 2.45) is 10.9 Å². The summed E-state index contributed by atoms with van der Waals surface area (Å²) in [6, 6.07) is 8.48. The molecule has 2 heterocycles. The van der Waals surface area contributed by atoms with Crippen LogP contribution in [0.1, 0.15) is 64.0 Å². The minimum Gasteiger partial charge on any atom is -0.481 e. The molecule has 2 aromatic rings. The second-order valence-electron chi connectivity index (χ2n) is 9.16. The fraction of sp³-hybridized carbons (Fsp3) is 0.478. The summed E-state index contributed by atoms with van der Waals surface area (Å²) in [5, 5.41) is 9.05. The molecule has 0 bridgehead atoms. The minimum atomic E-state index is -0.696. The van der Waals surface area contributed by atoms with Crippen LogP contribution in [0.25, 0.3) is 0 Å². The number of nitrogen functional groups attached to an aromatic ring is 1. The number of aromatic nitrogens is 2. The number of carbonyl (C=O) groups is 1. The van der Waals surface area contributed by atoms with E-state index in [4.69, 9.17) is 20.6 Å². The normalized spacial score (nSPS) is 25.0. The predicted octanol–water partition coefficient (Wildman–Crippen LogP) is 4.27. The van der Waals surface area contributed by atoms with Crippen LogP contribution in [0.15, 0.2) is 35.6 Å². The zero-order chi connectivity index (χ0) is 21.5. The Bertz CT molecular complexity index is 990. The number of nitrogens with zero attached hydrogens (tertiary/aromatic N) is 3. The standard InChI is InChI=1S/C23H28N4O3/c1-22(2)19(27-18-20(24)25-13-26-21(18)30-22)15-4-6-16(7-5-15)23(3)10-8-14(9-11-23)12-17(28)29/h4-7,13-14H,8-12H2,1-3H3,(H,28,29)(H2,24,25,26). The lowest BCUT2D eigenvalue weighted by atomic mass is 9.67. The van der Waals surface area contributed by atoms with Crippen molar-refractivity contribution in [1.82, 2.24) is 9.97 Å². The van der Waals surface area contributed by atoms with Crippen molar-refractivity contribution < 1.29 is 14.6 Å². The predicted molar refractivity (Wildman–Crippen MR) is 115 cm³/mol. The summed E-state index contributed by atoms with van der Waals surface area (Å²) in [6.07, 6.45) is 5.56. The number of nitrogens with two attached hydrogens (primary N) is 1. The van der Waals surface area contributed by atoms with E-state index in [-0.39, 0.29) is 17.8 Å². The Labute approximate surface area is 176 Å². The third-order valence-electron chi connectivity index (χ3n) is 6.49. The number of carboxylic acids is 1. The molecule has 1 fully saturated rings. The summed E-state index contributed by atoms with van der Waals surface area (Å²) < 4.78 is 6.07. The van der Waals surface area contributed by atoms with Crippen molar-refractivity contribution in [1.29, 1.82) is 0 Å². The van der Waals surface area contributed by atoms with Crippen molar-refractivity contribution in [3.05, 3.63) is 41.7 Å². The van der Waals surface area contributed by atoms with E-state index < -0.39 is 11.6 Å². The first kappa shape index (κ1) is 20.3. The summed E-state index contributed by atoms with van der Waals surface area (Å²) in [5.41, 5.74) is 8.91. The van der Waals surface area contributed by atoms with Gasteiger partial charge in [-0.3, -0.25) is 4.79 Å². The first-order valence-corrected chi connectivity index (χ1v) is 10.4. The van der Waals surface area contributed by atoms with Gasteiger partial charge in [0.05, 0.1) is 5.71 Å². The molecule has 0 amide bonds. The van der Waals surface area contributed by atoms with Crippen molar-refractivity contribution in [2.75, 3.05) is 5.73 Å². The van der Waals surface area contributed by atoms with Gasteiger partial charge < -0.3 is 15.6 Å². The summed E-state index contributed by atoms with van der Waals surface area (Å²) in [5.74, 6) is 0.296. The number of benzene rings is 1. The Kier molecular flexibility index (Phi) is 5.00. The molecule has 0 spiro atoms. The van der Waals surface area contributed by atoms with Gasteiger partial charge in [-0.15, -0.1) is 0 Å². The highest BCUT2D eigenvalue weighted by Crippen LogP contribution is 2.43. The number of carboxylic acid groups (broad SMARTS) is 1. The first-order valence-electron chi connectivity index (χ1n) is 10.4. The largest absolute Gasteiger partial charge is 0.481 e. The molecule has 1 saturated carbocycles. The van der Waals surface area contributed by atoms with E-state index in [1.54, 1.807) is 0 Å². The average Bonchev–Trinajstić information content (AvgIpc) is 2.69. The van der Waals surface area contributed by atoms with E-state index in [0.29, 0.717) is 17.4 Å². The monoisotopic (exact) mass is 408 g/mol. The molecule has 7 heteroatoms. The summed E-state index contributed by atoms with van der Waals surface area (Å²) in [7, 11) is 0. The first-order chi connectivity index (χ1) is 14.2. The van der Waals surface area contributed by atoms with Gasteiger partial charge in [0.1, 0.15) is 11.9 Å². The molecular formula is C23H28N4O3. The molecule has 1 aliphatic carbocycles. The van der Waals surface area contributed by atoms with Crippen molar-refractivity contribution in [3.63, 3.8) is 0 Å². The van der Waals surface area contributed by atoms with Gasteiger partial charge in [0.25, 0.3) is 0 Å². The van der Waals surface area contributed by atoms with Crippen molar-refractivity contribution >= 4 is 23.2 Å². The fourth-order valence-electron chi connectivity index (χ4n) is 4.59. The Hall–Kier alpha value is -2.96. The topological polar surface area (TPSA) is 111 Å². The molecule has 1 aliphatic heterocycles. The summed E-state index contributed by atoms with van der Waals surface area (Å²) in [6.45, 7) is 6.20. The Morgan fingerprint density at radius 3 is 2.47 bits per heavy atom. The van der Waals surface area contributed by atoms with Gasteiger partial charge in [-0.1, -0.05) is 31.2 Å². The highest BCUT2D eigenvalue weighted by atomic mass is 16.5. The van der Waals surface area contributed by atoms with E-state index in [1.165, 1.54) is 11.9 Å². The van der Waals surface area contributed by atoms with Crippen molar-refractivity contribution in [3.8, 4) is 5.88 Å². The molecule has 0 unspecified atom stereocenters. The van der Waals surface area contributed by atoms with E-state index >= 15 is 0 Å². The van der Waals surface area contributed by atoms with Gasteiger partial charge in [-0.05, 0) is 56.4 Å². The number of hydrogen-bond donors (Lipinski definition) is 2. The van der Waals surface area contributed by atoms with Crippen LogP contribution in [0, 0.1) is 5.92 Å². The fourth-order valence-corrected chi connectivity index (χ4v) is 4.59. The van der Waals surface area contributed by atoms with Gasteiger partial charge in [0.15, 0.2) is 11.5 Å². The lowest BCUT2D eigenvalue weighted by Crippen LogP contribution is -2.41. The minimum absolute atomic E-state index is 0.0682. The third-order valence-corrected chi connectivity index (χ3v) is 6.49. The van der Waals surface area contributed by atoms with Crippen LogP contribution < -0.4 is 10.5 Å². The molecular weight excluding hydrogens is 380 g/mol. The number of ether oxygens (including phenoxy) is 1. The highest BCUT2D eigenvalue weighted by Gasteiger charge is 2.36. The van der Waals surface area contributed by atoms with Gasteiger partial charge in [0.2, 0.25) is 5.88 Å². The molecule has 3 N–H and O–H groups in total. The summed E-state index contributed by atoms with van der Waals surface area (Å²) in [4.78, 5) is 23.9. The molecule has 2 aliphatic rings. The number of anilines is 1. The molecule has 1 aromatic heterocycles. The second-order valence-corrected chi connectivity index (χ2v) is 9.16. The van der Waals surface area contributed by atoms with Crippen LogP contribution in [-0.4, -0.2) is 32.4 Å². The van der Waals surface area contributed by atoms with E-state index in [1.807, 2.05) is 13.8 Å². The average molecular weight is 409 g/mol. The second kappa shape index (κ2) is 7.38. The quantitative estimate of drug-likeness (QED) is 0.781. The maximum absolute atomic E-state index is 11.0. The lowest BCUT2D eigenvalue weighted by Gasteiger charge is -2.38.